The van der Waals surface area contributed by atoms with Crippen LogP contribution in [0.15, 0.2) is 54.6 Å². The van der Waals surface area contributed by atoms with E-state index < -0.39 is 0 Å². The molecule has 19 heavy (non-hydrogen) atoms. The second-order valence-electron chi connectivity index (χ2n) is 4.37. The number of methoxy groups -OCH3 is 1. The first-order valence-electron chi connectivity index (χ1n) is 6.35. The molecule has 0 aliphatic rings. The molecule has 100 valence electrons. The third-order valence-corrected chi connectivity index (χ3v) is 3.10. The van der Waals surface area contributed by atoms with E-state index in [1.807, 2.05) is 54.6 Å². The van der Waals surface area contributed by atoms with E-state index in [1.165, 1.54) is 0 Å². The molecule has 0 bridgehead atoms. The van der Waals surface area contributed by atoms with E-state index in [-0.39, 0.29) is 12.6 Å². The van der Waals surface area contributed by atoms with Gasteiger partial charge in [-0.25, -0.2) is 0 Å². The minimum Gasteiger partial charge on any atom is -0.497 e. The molecule has 0 aromatic heterocycles. The lowest BCUT2D eigenvalue weighted by molar-refractivity contribution is 0.243. The molecule has 0 radical (unpaired) electrons. The highest BCUT2D eigenvalue weighted by Crippen LogP contribution is 2.14. The van der Waals surface area contributed by atoms with Gasteiger partial charge in [-0.15, -0.1) is 0 Å². The van der Waals surface area contributed by atoms with E-state index in [9.17, 15) is 5.11 Å². The molecular weight excluding hydrogens is 238 g/mol. The van der Waals surface area contributed by atoms with E-state index in [4.69, 9.17) is 4.74 Å². The van der Waals surface area contributed by atoms with Crippen LogP contribution in [0.3, 0.4) is 0 Å². The monoisotopic (exact) mass is 257 g/mol. The van der Waals surface area contributed by atoms with Gasteiger partial charge in [0.1, 0.15) is 5.75 Å². The van der Waals surface area contributed by atoms with Crippen LogP contribution >= 0.6 is 0 Å². The summed E-state index contributed by atoms with van der Waals surface area (Å²) in [6.07, 6.45) is 0. The summed E-state index contributed by atoms with van der Waals surface area (Å²) >= 11 is 0. The number of benzene rings is 2. The van der Waals surface area contributed by atoms with Gasteiger partial charge in [-0.3, -0.25) is 0 Å². The molecular formula is C16H19NO2. The van der Waals surface area contributed by atoms with Gasteiger partial charge in [-0.2, -0.15) is 0 Å². The molecule has 0 aliphatic heterocycles. The largest absolute Gasteiger partial charge is 0.497 e. The van der Waals surface area contributed by atoms with Crippen molar-refractivity contribution < 1.29 is 9.84 Å². The van der Waals surface area contributed by atoms with Crippen molar-refractivity contribution in [1.29, 1.82) is 0 Å². The Morgan fingerprint density at radius 3 is 2.32 bits per heavy atom. The zero-order chi connectivity index (χ0) is 13.5. The van der Waals surface area contributed by atoms with Gasteiger partial charge in [-0.1, -0.05) is 42.5 Å². The summed E-state index contributed by atoms with van der Waals surface area (Å²) in [6, 6.07) is 17.8. The Morgan fingerprint density at radius 1 is 1.05 bits per heavy atom. The zero-order valence-corrected chi connectivity index (χ0v) is 11.0. The second kappa shape index (κ2) is 6.92. The normalized spacial score (nSPS) is 12.1. The van der Waals surface area contributed by atoms with Gasteiger partial charge in [0, 0.05) is 6.54 Å². The summed E-state index contributed by atoms with van der Waals surface area (Å²) in [6.45, 7) is 0.796. The first kappa shape index (κ1) is 13.6. The minimum atomic E-state index is -0.0386. The highest BCUT2D eigenvalue weighted by Gasteiger charge is 2.08. The Balaban J connectivity index is 1.96. The molecule has 0 saturated heterocycles. The second-order valence-corrected chi connectivity index (χ2v) is 4.37. The summed E-state index contributed by atoms with van der Waals surface area (Å²) < 4.78 is 5.12. The maximum atomic E-state index is 9.46. The Hall–Kier alpha value is -1.84. The molecule has 2 aromatic rings. The molecule has 1 atom stereocenters. The number of ether oxygens (including phenoxy) is 1. The van der Waals surface area contributed by atoms with Crippen molar-refractivity contribution >= 4 is 0 Å². The molecule has 2 aromatic carbocycles. The summed E-state index contributed by atoms with van der Waals surface area (Å²) in [4.78, 5) is 0. The van der Waals surface area contributed by atoms with Crippen LogP contribution in [0, 0.1) is 0 Å². The predicted octanol–water partition coefficient (Wildman–Crippen LogP) is 2.52. The van der Waals surface area contributed by atoms with Crippen LogP contribution in [0.5, 0.6) is 5.75 Å². The van der Waals surface area contributed by atoms with Gasteiger partial charge in [-0.05, 0) is 23.3 Å². The zero-order valence-electron chi connectivity index (χ0n) is 11.0. The highest BCUT2D eigenvalue weighted by atomic mass is 16.5. The lowest BCUT2D eigenvalue weighted by Gasteiger charge is -2.16. The third-order valence-electron chi connectivity index (χ3n) is 3.10. The lowest BCUT2D eigenvalue weighted by atomic mass is 10.1. The summed E-state index contributed by atoms with van der Waals surface area (Å²) in [7, 11) is 1.66. The van der Waals surface area contributed by atoms with Gasteiger partial charge >= 0.3 is 0 Å². The van der Waals surface area contributed by atoms with Crippen LogP contribution in [-0.4, -0.2) is 18.8 Å². The summed E-state index contributed by atoms with van der Waals surface area (Å²) in [5, 5.41) is 12.8. The van der Waals surface area contributed by atoms with Crippen molar-refractivity contribution in [2.45, 2.75) is 12.6 Å². The SMILES string of the molecule is COc1ccc(CN[C@H](CO)c2ccccc2)cc1. The molecule has 0 amide bonds. The van der Waals surface area contributed by atoms with Crippen molar-refractivity contribution in [3.63, 3.8) is 0 Å². The van der Waals surface area contributed by atoms with Crippen molar-refractivity contribution in [2.75, 3.05) is 13.7 Å². The molecule has 2 N–H and O–H groups in total. The Morgan fingerprint density at radius 2 is 1.74 bits per heavy atom. The van der Waals surface area contributed by atoms with E-state index in [0.717, 1.165) is 16.9 Å². The molecule has 0 heterocycles. The van der Waals surface area contributed by atoms with Crippen LogP contribution < -0.4 is 10.1 Å². The predicted molar refractivity (Wildman–Crippen MR) is 76.1 cm³/mol. The van der Waals surface area contributed by atoms with Crippen LogP contribution in [0.4, 0.5) is 0 Å². The van der Waals surface area contributed by atoms with Crippen LogP contribution in [0.25, 0.3) is 0 Å². The molecule has 0 aliphatic carbocycles. The standard InChI is InChI=1S/C16H19NO2/c1-19-15-9-7-13(8-10-15)11-17-16(12-18)14-5-3-2-4-6-14/h2-10,16-18H,11-12H2,1H3/t16-/m1/s1. The molecule has 0 fully saturated rings. The lowest BCUT2D eigenvalue weighted by Crippen LogP contribution is -2.23. The average Bonchev–Trinajstić information content (AvgIpc) is 2.49. The smallest absolute Gasteiger partial charge is 0.118 e. The van der Waals surface area contributed by atoms with Gasteiger partial charge in [0.05, 0.1) is 19.8 Å². The number of aliphatic hydroxyl groups is 1. The van der Waals surface area contributed by atoms with Crippen LogP contribution in [0.2, 0.25) is 0 Å². The molecule has 3 nitrogen and oxygen atoms in total. The fourth-order valence-electron chi connectivity index (χ4n) is 1.96. The van der Waals surface area contributed by atoms with Crippen molar-refractivity contribution in [1.82, 2.24) is 5.32 Å². The molecule has 0 spiro atoms. The number of rotatable bonds is 6. The van der Waals surface area contributed by atoms with Crippen molar-refractivity contribution in [2.24, 2.45) is 0 Å². The van der Waals surface area contributed by atoms with Gasteiger partial charge in [0.15, 0.2) is 0 Å². The number of hydrogen-bond acceptors (Lipinski definition) is 3. The van der Waals surface area contributed by atoms with E-state index in [2.05, 4.69) is 5.32 Å². The van der Waals surface area contributed by atoms with Gasteiger partial charge in [0.25, 0.3) is 0 Å². The molecule has 0 unspecified atom stereocenters. The van der Waals surface area contributed by atoms with Crippen molar-refractivity contribution in [3.05, 3.63) is 65.7 Å². The topological polar surface area (TPSA) is 41.5 Å². The maximum absolute atomic E-state index is 9.46. The number of nitrogens with one attached hydrogen (secondary N) is 1. The average molecular weight is 257 g/mol. The minimum absolute atomic E-state index is 0.0386. The molecule has 3 heteroatoms. The van der Waals surface area contributed by atoms with Crippen LogP contribution in [-0.2, 0) is 6.54 Å². The Bertz CT molecular complexity index is 482. The van der Waals surface area contributed by atoms with E-state index in [0.29, 0.717) is 6.54 Å². The first-order valence-corrected chi connectivity index (χ1v) is 6.35. The number of hydrogen-bond donors (Lipinski definition) is 2. The van der Waals surface area contributed by atoms with E-state index in [1.54, 1.807) is 7.11 Å². The highest BCUT2D eigenvalue weighted by molar-refractivity contribution is 5.27. The molecule has 2 rings (SSSR count). The Kier molecular flexibility index (Phi) is 4.95. The summed E-state index contributed by atoms with van der Waals surface area (Å²) in [5.74, 6) is 0.852. The van der Waals surface area contributed by atoms with Gasteiger partial charge in [0.2, 0.25) is 0 Å². The Labute approximate surface area is 113 Å². The number of aliphatic hydroxyl groups excluding tert-OH is 1. The molecule has 0 saturated carbocycles. The van der Waals surface area contributed by atoms with Crippen LogP contribution in [0.1, 0.15) is 17.2 Å². The quantitative estimate of drug-likeness (QED) is 0.835. The van der Waals surface area contributed by atoms with E-state index >= 15 is 0 Å². The third kappa shape index (κ3) is 3.81. The summed E-state index contributed by atoms with van der Waals surface area (Å²) in [5.41, 5.74) is 2.26. The first-order chi connectivity index (χ1) is 9.33. The fourth-order valence-corrected chi connectivity index (χ4v) is 1.96. The maximum Gasteiger partial charge on any atom is 0.118 e. The van der Waals surface area contributed by atoms with Gasteiger partial charge < -0.3 is 15.2 Å². The van der Waals surface area contributed by atoms with Crippen molar-refractivity contribution in [3.8, 4) is 5.75 Å². The fraction of sp³-hybridized carbons (Fsp3) is 0.250.